The Labute approximate surface area is 137 Å². The van der Waals surface area contributed by atoms with Crippen LogP contribution in [0.5, 0.6) is 0 Å². The van der Waals surface area contributed by atoms with Gasteiger partial charge in [-0.05, 0) is 31.9 Å². The van der Waals surface area contributed by atoms with Gasteiger partial charge in [0.05, 0.1) is 5.69 Å². The van der Waals surface area contributed by atoms with E-state index in [0.717, 1.165) is 48.4 Å². The van der Waals surface area contributed by atoms with Crippen LogP contribution in [0, 0.1) is 12.3 Å². The Morgan fingerprint density at radius 3 is 2.74 bits per heavy atom. The molecule has 3 heterocycles. The molecule has 1 aliphatic rings. The van der Waals surface area contributed by atoms with Crippen LogP contribution < -0.4 is 0 Å². The zero-order valence-corrected chi connectivity index (χ0v) is 14.8. The van der Waals surface area contributed by atoms with Gasteiger partial charge >= 0.3 is 0 Å². The molecule has 0 saturated carbocycles. The second-order valence-electron chi connectivity index (χ2n) is 7.66. The first-order valence-corrected chi connectivity index (χ1v) is 8.37. The molecule has 5 heteroatoms. The van der Waals surface area contributed by atoms with E-state index in [9.17, 15) is 4.79 Å². The maximum Gasteiger partial charge on any atom is 0.227 e. The number of pyridine rings is 1. The van der Waals surface area contributed by atoms with Gasteiger partial charge in [0.15, 0.2) is 5.65 Å². The van der Waals surface area contributed by atoms with Crippen LogP contribution in [0.15, 0.2) is 12.1 Å². The summed E-state index contributed by atoms with van der Waals surface area (Å²) in [6.07, 6.45) is 2.12. The summed E-state index contributed by atoms with van der Waals surface area (Å²) in [7, 11) is 1.93. The Morgan fingerprint density at radius 2 is 2.04 bits per heavy atom. The molecule has 2 aromatic rings. The Hall–Kier alpha value is -1.91. The van der Waals surface area contributed by atoms with Gasteiger partial charge < -0.3 is 4.90 Å². The van der Waals surface area contributed by atoms with E-state index in [1.807, 2.05) is 44.3 Å². The van der Waals surface area contributed by atoms with E-state index in [0.29, 0.717) is 5.92 Å². The van der Waals surface area contributed by atoms with Crippen molar-refractivity contribution < 1.29 is 4.79 Å². The van der Waals surface area contributed by atoms with Gasteiger partial charge in [-0.15, -0.1) is 0 Å². The summed E-state index contributed by atoms with van der Waals surface area (Å²) in [6.45, 7) is 9.60. The summed E-state index contributed by atoms with van der Waals surface area (Å²) >= 11 is 0. The summed E-state index contributed by atoms with van der Waals surface area (Å²) in [6, 6.07) is 4.22. The van der Waals surface area contributed by atoms with Crippen molar-refractivity contribution in [1.29, 1.82) is 0 Å². The van der Waals surface area contributed by atoms with E-state index in [1.54, 1.807) is 0 Å². The second kappa shape index (κ2) is 5.62. The van der Waals surface area contributed by atoms with E-state index in [2.05, 4.69) is 17.2 Å². The van der Waals surface area contributed by atoms with Gasteiger partial charge in [0, 0.05) is 42.6 Å². The molecule has 23 heavy (non-hydrogen) atoms. The molecule has 1 fully saturated rings. The molecule has 0 spiro atoms. The van der Waals surface area contributed by atoms with E-state index in [-0.39, 0.29) is 11.3 Å². The maximum atomic E-state index is 12.6. The quantitative estimate of drug-likeness (QED) is 0.813. The molecule has 1 atom stereocenters. The van der Waals surface area contributed by atoms with E-state index in [1.165, 1.54) is 0 Å². The van der Waals surface area contributed by atoms with Crippen LogP contribution in [-0.4, -0.2) is 38.7 Å². The molecule has 0 aromatic carbocycles. The number of carbonyl (C=O) groups excluding carboxylic acids is 1. The average Bonchev–Trinajstić information content (AvgIpc) is 2.80. The lowest BCUT2D eigenvalue weighted by molar-refractivity contribution is -0.140. The lowest BCUT2D eigenvalue weighted by Crippen LogP contribution is -2.44. The van der Waals surface area contributed by atoms with Crippen LogP contribution in [-0.2, 0) is 11.8 Å². The SMILES string of the molecule is Cc1nn(C)c2nc([C@@H]3CCCN(C(=O)C(C)(C)C)C3)ccc12. The number of hydrogen-bond donors (Lipinski definition) is 0. The zero-order chi connectivity index (χ0) is 16.8. The number of carbonyl (C=O) groups is 1. The van der Waals surface area contributed by atoms with Crippen LogP contribution in [0.1, 0.15) is 50.9 Å². The highest BCUT2D eigenvalue weighted by molar-refractivity contribution is 5.81. The molecule has 3 rings (SSSR count). The van der Waals surface area contributed by atoms with Crippen LogP contribution in [0.3, 0.4) is 0 Å². The summed E-state index contributed by atoms with van der Waals surface area (Å²) in [5.41, 5.74) is 2.69. The number of aryl methyl sites for hydroxylation is 2. The minimum absolute atomic E-state index is 0.236. The van der Waals surface area contributed by atoms with Crippen LogP contribution in [0.25, 0.3) is 11.0 Å². The van der Waals surface area contributed by atoms with Gasteiger partial charge in [-0.1, -0.05) is 20.8 Å². The first kappa shape index (κ1) is 16.0. The van der Waals surface area contributed by atoms with Crippen molar-refractivity contribution in [3.8, 4) is 0 Å². The largest absolute Gasteiger partial charge is 0.342 e. The van der Waals surface area contributed by atoms with Crippen molar-refractivity contribution >= 4 is 16.9 Å². The molecule has 124 valence electrons. The normalized spacial score (nSPS) is 19.3. The number of rotatable bonds is 1. The third-order valence-corrected chi connectivity index (χ3v) is 4.66. The topological polar surface area (TPSA) is 51.0 Å². The van der Waals surface area contributed by atoms with E-state index >= 15 is 0 Å². The smallest absolute Gasteiger partial charge is 0.227 e. The number of amides is 1. The Bertz CT molecular complexity index is 741. The van der Waals surface area contributed by atoms with Gasteiger partial charge in [0.1, 0.15) is 0 Å². The predicted octanol–water partition coefficient (Wildman–Crippen LogP) is 3.03. The summed E-state index contributed by atoms with van der Waals surface area (Å²) in [5, 5.41) is 5.55. The fourth-order valence-electron chi connectivity index (χ4n) is 3.42. The lowest BCUT2D eigenvalue weighted by atomic mass is 9.89. The van der Waals surface area contributed by atoms with Crippen LogP contribution in [0.2, 0.25) is 0 Å². The Morgan fingerprint density at radius 1 is 1.30 bits per heavy atom. The fraction of sp³-hybridized carbons (Fsp3) is 0.611. The molecule has 0 bridgehead atoms. The number of piperidine rings is 1. The molecule has 0 N–H and O–H groups in total. The minimum atomic E-state index is -0.321. The van der Waals surface area contributed by atoms with E-state index < -0.39 is 0 Å². The van der Waals surface area contributed by atoms with Gasteiger partial charge in [-0.3, -0.25) is 9.48 Å². The van der Waals surface area contributed by atoms with Gasteiger partial charge in [-0.25, -0.2) is 4.98 Å². The standard InChI is InChI=1S/C18H26N4O/c1-12-14-8-9-15(19-16(14)21(5)20-12)13-7-6-10-22(11-13)17(23)18(2,3)4/h8-9,13H,6-7,10-11H2,1-5H3/t13-/m1/s1. The molecular formula is C18H26N4O. The lowest BCUT2D eigenvalue weighted by Gasteiger charge is -2.36. The predicted molar refractivity (Wildman–Crippen MR) is 91.3 cm³/mol. The number of hydrogen-bond acceptors (Lipinski definition) is 3. The molecule has 1 amide bonds. The van der Waals surface area contributed by atoms with Crippen molar-refractivity contribution in [1.82, 2.24) is 19.7 Å². The van der Waals surface area contributed by atoms with Gasteiger partial charge in [-0.2, -0.15) is 5.10 Å². The molecule has 1 aliphatic heterocycles. The highest BCUT2D eigenvalue weighted by Crippen LogP contribution is 2.30. The van der Waals surface area contributed by atoms with Crippen LogP contribution in [0.4, 0.5) is 0 Å². The number of nitrogens with zero attached hydrogens (tertiary/aromatic N) is 4. The Kier molecular flexibility index (Phi) is 3.90. The van der Waals surface area contributed by atoms with Crippen molar-refractivity contribution in [3.63, 3.8) is 0 Å². The van der Waals surface area contributed by atoms with Crippen molar-refractivity contribution in [2.24, 2.45) is 12.5 Å². The zero-order valence-electron chi connectivity index (χ0n) is 14.8. The molecule has 0 unspecified atom stereocenters. The highest BCUT2D eigenvalue weighted by atomic mass is 16.2. The summed E-state index contributed by atoms with van der Waals surface area (Å²) in [4.78, 5) is 19.4. The molecule has 0 radical (unpaired) electrons. The van der Waals surface area contributed by atoms with Crippen molar-refractivity contribution in [2.45, 2.75) is 46.5 Å². The summed E-state index contributed by atoms with van der Waals surface area (Å²) < 4.78 is 1.84. The first-order valence-electron chi connectivity index (χ1n) is 8.37. The molecule has 2 aromatic heterocycles. The third kappa shape index (κ3) is 2.96. The first-order chi connectivity index (χ1) is 10.8. The van der Waals surface area contributed by atoms with Gasteiger partial charge in [0.25, 0.3) is 0 Å². The molecule has 5 nitrogen and oxygen atoms in total. The number of aromatic nitrogens is 3. The highest BCUT2D eigenvalue weighted by Gasteiger charge is 2.32. The molecule has 0 aliphatic carbocycles. The molecular weight excluding hydrogens is 288 g/mol. The minimum Gasteiger partial charge on any atom is -0.342 e. The Balaban J connectivity index is 1.87. The maximum absolute atomic E-state index is 12.6. The van der Waals surface area contributed by atoms with Crippen molar-refractivity contribution in [3.05, 3.63) is 23.5 Å². The average molecular weight is 314 g/mol. The number of likely N-dealkylation sites (tertiary alicyclic amines) is 1. The number of fused-ring (bicyclic) bond motifs is 1. The third-order valence-electron chi connectivity index (χ3n) is 4.66. The monoisotopic (exact) mass is 314 g/mol. The molecule has 1 saturated heterocycles. The fourth-order valence-corrected chi connectivity index (χ4v) is 3.42. The van der Waals surface area contributed by atoms with Crippen LogP contribution >= 0.6 is 0 Å². The summed E-state index contributed by atoms with van der Waals surface area (Å²) in [5.74, 6) is 0.550. The van der Waals surface area contributed by atoms with Crippen molar-refractivity contribution in [2.75, 3.05) is 13.1 Å². The second-order valence-corrected chi connectivity index (χ2v) is 7.66. The van der Waals surface area contributed by atoms with Gasteiger partial charge in [0.2, 0.25) is 5.91 Å². The van der Waals surface area contributed by atoms with E-state index in [4.69, 9.17) is 4.98 Å².